The number of anilines is 1. The van der Waals surface area contributed by atoms with Crippen molar-refractivity contribution < 1.29 is 18.7 Å². The number of carbonyl (C=O) groups is 1. The number of carbonyl (C=O) groups excluding carboxylic acids is 1. The first-order valence-corrected chi connectivity index (χ1v) is 13.8. The average molecular weight is 603 g/mol. The van der Waals surface area contributed by atoms with Crippen molar-refractivity contribution in [2.45, 2.75) is 57.2 Å². The number of nitriles is 1. The first kappa shape index (κ1) is 30.7. The Kier molecular flexibility index (Phi) is 8.90. The third kappa shape index (κ3) is 6.02. The second kappa shape index (κ2) is 11.9. The number of amides is 1. The van der Waals surface area contributed by atoms with Crippen molar-refractivity contribution in [2.75, 3.05) is 11.9 Å². The molecule has 0 unspecified atom stereocenters. The molecule has 1 amide bonds. The van der Waals surface area contributed by atoms with E-state index in [1.165, 1.54) is 53.2 Å². The lowest BCUT2D eigenvalue weighted by molar-refractivity contribution is -0.118. The minimum Gasteiger partial charge on any atom is -0.395 e. The topological polar surface area (TPSA) is 107 Å². The van der Waals surface area contributed by atoms with E-state index in [0.717, 1.165) is 6.07 Å². The first-order chi connectivity index (χ1) is 19.3. The van der Waals surface area contributed by atoms with Crippen LogP contribution in [0.1, 0.15) is 44.2 Å². The molecule has 4 rings (SSSR count). The van der Waals surface area contributed by atoms with Gasteiger partial charge in [0.2, 0.25) is 5.91 Å². The Bertz CT molecular complexity index is 1570. The van der Waals surface area contributed by atoms with Crippen LogP contribution in [0.3, 0.4) is 0 Å². The minimum atomic E-state index is -1.76. The van der Waals surface area contributed by atoms with Crippen LogP contribution in [-0.4, -0.2) is 34.3 Å². The minimum absolute atomic E-state index is 0.0302. The molecular weight excluding hydrogens is 573 g/mol. The molecule has 0 aliphatic carbocycles. The summed E-state index contributed by atoms with van der Waals surface area (Å²) in [4.78, 5) is 26.3. The molecule has 0 spiro atoms. The van der Waals surface area contributed by atoms with Gasteiger partial charge in [-0.15, -0.1) is 0 Å². The van der Waals surface area contributed by atoms with Gasteiger partial charge in [-0.2, -0.15) is 5.26 Å². The average Bonchev–Trinajstić information content (AvgIpc) is 3.20. The number of aliphatic hydroxyl groups excluding tert-OH is 1. The van der Waals surface area contributed by atoms with Crippen LogP contribution in [0.25, 0.3) is 0 Å². The van der Waals surface area contributed by atoms with E-state index in [1.54, 1.807) is 0 Å². The van der Waals surface area contributed by atoms with Crippen LogP contribution in [0.15, 0.2) is 59.5 Å². The molecule has 1 aliphatic rings. The van der Waals surface area contributed by atoms with Gasteiger partial charge >= 0.3 is 0 Å². The molecule has 3 N–H and O–H groups in total. The smallest absolute Gasteiger partial charge is 0.252 e. The zero-order chi connectivity index (χ0) is 30.1. The van der Waals surface area contributed by atoms with Gasteiger partial charge in [0.1, 0.15) is 17.0 Å². The van der Waals surface area contributed by atoms with Crippen molar-refractivity contribution in [1.29, 1.82) is 5.26 Å². The van der Waals surface area contributed by atoms with E-state index in [1.807, 2.05) is 20.8 Å². The number of aromatic nitrogens is 1. The van der Waals surface area contributed by atoms with Crippen LogP contribution >= 0.6 is 23.2 Å². The van der Waals surface area contributed by atoms with Gasteiger partial charge in [0.25, 0.3) is 5.56 Å². The van der Waals surface area contributed by atoms with E-state index in [4.69, 9.17) is 28.3 Å². The summed E-state index contributed by atoms with van der Waals surface area (Å²) < 4.78 is 32.7. The van der Waals surface area contributed by atoms with Crippen molar-refractivity contribution in [1.82, 2.24) is 9.88 Å². The highest BCUT2D eigenvalue weighted by molar-refractivity contribution is 6.31. The number of nitrogens with one attached hydrogen (secondary N) is 2. The summed E-state index contributed by atoms with van der Waals surface area (Å²) in [5.74, 6) is -3.47. The molecule has 41 heavy (non-hydrogen) atoms. The standard InChI is InChI=1S/C30H30Cl2F2N4O3/c1-29(2,3)15-23-30(16-35,20-8-7-17(31)13-22(20)33)25(19-5-4-6-21(32)26(19)34)27(37-23)28(41)36-18-9-10-38(11-12-39)24(40)14-18/h4-10,13-14,23,25,27,37,39H,11-12,15H2,1-3H3,(H,36,41)/t23-,25-,27+,30-/m0/s1. The Morgan fingerprint density at radius 1 is 1.20 bits per heavy atom. The second-order valence-corrected chi connectivity index (χ2v) is 12.2. The molecule has 1 aromatic heterocycles. The maximum Gasteiger partial charge on any atom is 0.252 e. The Morgan fingerprint density at radius 2 is 1.93 bits per heavy atom. The number of aliphatic hydroxyl groups is 1. The zero-order valence-electron chi connectivity index (χ0n) is 22.7. The second-order valence-electron chi connectivity index (χ2n) is 11.3. The van der Waals surface area contributed by atoms with Crippen LogP contribution in [0.5, 0.6) is 0 Å². The zero-order valence-corrected chi connectivity index (χ0v) is 24.2. The first-order valence-electron chi connectivity index (χ1n) is 13.0. The van der Waals surface area contributed by atoms with Gasteiger partial charge in [-0.1, -0.05) is 62.2 Å². The summed E-state index contributed by atoms with van der Waals surface area (Å²) in [6, 6.07) is 11.2. The van der Waals surface area contributed by atoms with Gasteiger partial charge in [0, 0.05) is 47.0 Å². The van der Waals surface area contributed by atoms with Crippen molar-refractivity contribution in [3.63, 3.8) is 0 Å². The van der Waals surface area contributed by atoms with Crippen LogP contribution in [0.4, 0.5) is 14.5 Å². The molecule has 0 bridgehead atoms. The molecule has 7 nitrogen and oxygen atoms in total. The molecule has 1 fully saturated rings. The van der Waals surface area contributed by atoms with E-state index in [0.29, 0.717) is 6.42 Å². The fourth-order valence-corrected chi connectivity index (χ4v) is 6.00. The quantitative estimate of drug-likeness (QED) is 0.336. The molecule has 1 saturated heterocycles. The van der Waals surface area contributed by atoms with Crippen LogP contribution in [0.2, 0.25) is 10.0 Å². The van der Waals surface area contributed by atoms with Crippen LogP contribution < -0.4 is 16.2 Å². The number of benzene rings is 2. The van der Waals surface area contributed by atoms with Crippen molar-refractivity contribution >= 4 is 34.8 Å². The largest absolute Gasteiger partial charge is 0.395 e. The summed E-state index contributed by atoms with van der Waals surface area (Å²) in [6.45, 7) is 5.67. The Labute approximate surface area is 246 Å². The van der Waals surface area contributed by atoms with Gasteiger partial charge in [-0.3, -0.25) is 9.59 Å². The fraction of sp³-hybridized carbons (Fsp3) is 0.367. The van der Waals surface area contributed by atoms with Crippen molar-refractivity contribution in [2.24, 2.45) is 5.41 Å². The maximum atomic E-state index is 15.7. The molecule has 4 atom stereocenters. The van der Waals surface area contributed by atoms with Crippen LogP contribution in [0, 0.1) is 28.4 Å². The van der Waals surface area contributed by atoms with Gasteiger partial charge in [0.05, 0.1) is 23.7 Å². The highest BCUT2D eigenvalue weighted by Crippen LogP contribution is 2.52. The lowest BCUT2D eigenvalue weighted by Crippen LogP contribution is -2.45. The highest BCUT2D eigenvalue weighted by atomic mass is 35.5. The molecule has 11 heteroatoms. The monoisotopic (exact) mass is 602 g/mol. The molecule has 216 valence electrons. The van der Waals surface area contributed by atoms with Gasteiger partial charge in [0.15, 0.2) is 0 Å². The summed E-state index contributed by atoms with van der Waals surface area (Å²) in [5.41, 5.74) is -2.49. The Hall–Kier alpha value is -3.29. The molecular formula is C30H30Cl2F2N4O3. The van der Waals surface area contributed by atoms with Gasteiger partial charge in [-0.25, -0.2) is 8.78 Å². The van der Waals surface area contributed by atoms with E-state index < -0.39 is 46.5 Å². The van der Waals surface area contributed by atoms with E-state index >= 15 is 8.78 Å². The lowest BCUT2D eigenvalue weighted by Gasteiger charge is -2.37. The predicted octanol–water partition coefficient (Wildman–Crippen LogP) is 5.39. The van der Waals surface area contributed by atoms with Crippen molar-refractivity contribution in [3.8, 4) is 6.07 Å². The lowest BCUT2D eigenvalue weighted by atomic mass is 9.62. The van der Waals surface area contributed by atoms with Crippen molar-refractivity contribution in [3.05, 3.63) is 97.9 Å². The molecule has 2 aromatic carbocycles. The highest BCUT2D eigenvalue weighted by Gasteiger charge is 2.61. The third-order valence-electron chi connectivity index (χ3n) is 7.34. The number of nitrogens with zero attached hydrogens (tertiary/aromatic N) is 2. The number of pyridine rings is 1. The SMILES string of the molecule is CC(C)(C)C[C@@H]1N[C@@H](C(=O)Nc2ccn(CCO)c(=O)c2)[C@H](c2cccc(Cl)c2F)[C@@]1(C#N)c1ccc(Cl)cc1F. The Balaban J connectivity index is 1.92. The molecule has 0 saturated carbocycles. The summed E-state index contributed by atoms with van der Waals surface area (Å²) in [6.07, 6.45) is 1.75. The molecule has 2 heterocycles. The number of halogens is 4. The maximum absolute atomic E-state index is 15.7. The number of hydrogen-bond donors (Lipinski definition) is 3. The van der Waals surface area contributed by atoms with Crippen LogP contribution in [-0.2, 0) is 16.8 Å². The molecule has 1 aliphatic heterocycles. The normalized spacial score (nSPS) is 22.4. The van der Waals surface area contributed by atoms with E-state index in [9.17, 15) is 14.9 Å². The van der Waals surface area contributed by atoms with E-state index in [-0.39, 0.29) is 45.4 Å². The third-order valence-corrected chi connectivity index (χ3v) is 7.86. The summed E-state index contributed by atoms with van der Waals surface area (Å²) in [5, 5.41) is 25.9. The summed E-state index contributed by atoms with van der Waals surface area (Å²) >= 11 is 12.2. The van der Waals surface area contributed by atoms with Gasteiger partial charge < -0.3 is 20.3 Å². The van der Waals surface area contributed by atoms with Gasteiger partial charge in [-0.05, 0) is 41.7 Å². The molecule has 3 aromatic rings. The molecule has 0 radical (unpaired) electrons. The number of hydrogen-bond acceptors (Lipinski definition) is 5. The Morgan fingerprint density at radius 3 is 2.54 bits per heavy atom. The number of rotatable bonds is 7. The fourth-order valence-electron chi connectivity index (χ4n) is 5.65. The summed E-state index contributed by atoms with van der Waals surface area (Å²) in [7, 11) is 0. The predicted molar refractivity (Wildman–Crippen MR) is 154 cm³/mol. The van der Waals surface area contributed by atoms with E-state index in [2.05, 4.69) is 16.7 Å².